The molecule has 0 unspecified atom stereocenters. The van der Waals surface area contributed by atoms with Crippen LogP contribution in [-0.4, -0.2) is 25.2 Å². The summed E-state index contributed by atoms with van der Waals surface area (Å²) in [5.74, 6) is -0.888. The zero-order valence-electron chi connectivity index (χ0n) is 29.0. The average molecular weight is 603 g/mol. The maximum absolute atomic E-state index is 12.4. The number of carbonyl (C=O) groups is 2. The molecule has 1 aromatic rings. The van der Waals surface area contributed by atoms with Crippen molar-refractivity contribution in [3.63, 3.8) is 0 Å². The molecule has 0 saturated carbocycles. The second kappa shape index (κ2) is 33.1. The van der Waals surface area contributed by atoms with Crippen molar-refractivity contribution in [1.82, 2.24) is 0 Å². The molecule has 4 nitrogen and oxygen atoms in total. The fraction of sp³-hybridized carbons (Fsp3) is 0.795. The third kappa shape index (κ3) is 26.3. The number of ether oxygens (including phenoxy) is 2. The van der Waals surface area contributed by atoms with Crippen LogP contribution >= 0.6 is 0 Å². The zero-order valence-corrected chi connectivity index (χ0v) is 29.0. The van der Waals surface area contributed by atoms with Crippen LogP contribution in [-0.2, 0) is 9.47 Å². The van der Waals surface area contributed by atoms with Gasteiger partial charge in [0.05, 0.1) is 24.3 Å². The van der Waals surface area contributed by atoms with Gasteiger partial charge in [0.15, 0.2) is 0 Å². The van der Waals surface area contributed by atoms with Crippen molar-refractivity contribution in [3.8, 4) is 0 Å². The molecule has 0 atom stereocenters. The molecule has 250 valence electrons. The number of carbonyl (C=O) groups excluding carboxylic acids is 2. The summed E-state index contributed by atoms with van der Waals surface area (Å²) in [5, 5.41) is 0. The number of hydrogen-bond donors (Lipinski definition) is 0. The highest BCUT2D eigenvalue weighted by Crippen LogP contribution is 2.15. The van der Waals surface area contributed by atoms with Gasteiger partial charge in [0.25, 0.3) is 0 Å². The molecule has 0 spiro atoms. The Balaban J connectivity index is 0.000000994. The molecule has 0 aliphatic rings. The van der Waals surface area contributed by atoms with Gasteiger partial charge in [0.2, 0.25) is 0 Å². The normalized spacial score (nSPS) is 10.7. The van der Waals surface area contributed by atoms with Crippen LogP contribution in [0.25, 0.3) is 0 Å². The summed E-state index contributed by atoms with van der Waals surface area (Å²) in [7, 11) is 0. The fourth-order valence-electron chi connectivity index (χ4n) is 5.18. The van der Waals surface area contributed by atoms with Crippen molar-refractivity contribution in [2.75, 3.05) is 13.2 Å². The highest BCUT2D eigenvalue weighted by Gasteiger charge is 2.18. The van der Waals surface area contributed by atoms with Gasteiger partial charge < -0.3 is 9.47 Å². The second-order valence-electron chi connectivity index (χ2n) is 12.2. The SMILES string of the molecule is CCCCCCCCCCCCCCC.CCCCCCCCOC(=O)c1ccccc1C(=O)OCCCCCCCC. The first-order valence-corrected chi connectivity index (χ1v) is 18.5. The van der Waals surface area contributed by atoms with Gasteiger partial charge >= 0.3 is 11.9 Å². The summed E-state index contributed by atoms with van der Waals surface area (Å²) in [5.41, 5.74) is 0.586. The molecule has 1 aromatic carbocycles. The lowest BCUT2D eigenvalue weighted by molar-refractivity contribution is 0.0450. The maximum atomic E-state index is 12.4. The monoisotopic (exact) mass is 603 g/mol. The molecule has 43 heavy (non-hydrogen) atoms. The van der Waals surface area contributed by atoms with Crippen LogP contribution < -0.4 is 0 Å². The van der Waals surface area contributed by atoms with Crippen LogP contribution in [0.15, 0.2) is 24.3 Å². The summed E-state index contributed by atoms with van der Waals surface area (Å²) >= 11 is 0. The van der Waals surface area contributed by atoms with Gasteiger partial charge in [-0.1, -0.05) is 188 Å². The summed E-state index contributed by atoms with van der Waals surface area (Å²) in [4.78, 5) is 24.7. The first-order valence-electron chi connectivity index (χ1n) is 18.5. The van der Waals surface area contributed by atoms with Gasteiger partial charge in [-0.25, -0.2) is 9.59 Å². The molecular weight excluding hydrogens is 532 g/mol. The number of unbranched alkanes of at least 4 members (excludes halogenated alkanes) is 22. The van der Waals surface area contributed by atoms with Crippen LogP contribution in [0.3, 0.4) is 0 Å². The Labute approximate surface area is 267 Å². The van der Waals surface area contributed by atoms with Crippen molar-refractivity contribution < 1.29 is 19.1 Å². The van der Waals surface area contributed by atoms with Crippen LogP contribution in [0.2, 0.25) is 0 Å². The molecule has 0 N–H and O–H groups in total. The molecule has 0 fully saturated rings. The minimum atomic E-state index is -0.444. The number of rotatable bonds is 28. The summed E-state index contributed by atoms with van der Waals surface area (Å²) in [6.07, 6.45) is 32.6. The van der Waals surface area contributed by atoms with Crippen molar-refractivity contribution >= 4 is 11.9 Å². The molecule has 0 heterocycles. The molecule has 0 aromatic heterocycles. The Hall–Kier alpha value is -1.84. The fourth-order valence-corrected chi connectivity index (χ4v) is 5.18. The molecule has 1 rings (SSSR count). The quantitative estimate of drug-likeness (QED) is 0.0707. The van der Waals surface area contributed by atoms with Crippen molar-refractivity contribution in [1.29, 1.82) is 0 Å². The van der Waals surface area contributed by atoms with E-state index in [0.29, 0.717) is 24.3 Å². The third-order valence-corrected chi connectivity index (χ3v) is 8.04. The van der Waals surface area contributed by atoms with Gasteiger partial charge in [-0.2, -0.15) is 0 Å². The standard InChI is InChI=1S/C24H38O4.C15H32/c1-3-5-7-9-11-15-19-27-23(25)21-17-13-14-18-22(21)24(26)28-20-16-12-10-8-6-4-2;1-3-5-7-9-11-13-15-14-12-10-8-6-4-2/h13-14,17-18H,3-12,15-16,19-20H2,1-2H3;3-15H2,1-2H3. The van der Waals surface area contributed by atoms with Crippen LogP contribution in [0.1, 0.15) is 209 Å². The molecule has 0 aliphatic carbocycles. The van der Waals surface area contributed by atoms with Crippen LogP contribution in [0, 0.1) is 0 Å². The average Bonchev–Trinajstić information content (AvgIpc) is 3.03. The van der Waals surface area contributed by atoms with E-state index >= 15 is 0 Å². The minimum Gasteiger partial charge on any atom is -0.462 e. The Morgan fingerprint density at radius 1 is 0.395 bits per heavy atom. The van der Waals surface area contributed by atoms with E-state index < -0.39 is 11.9 Å². The third-order valence-electron chi connectivity index (χ3n) is 8.04. The summed E-state index contributed by atoms with van der Waals surface area (Å²) in [6.45, 7) is 9.75. The molecule has 4 heteroatoms. The predicted molar refractivity (Wildman–Crippen MR) is 185 cm³/mol. The summed E-state index contributed by atoms with van der Waals surface area (Å²) in [6, 6.07) is 6.74. The molecule has 0 bridgehead atoms. The van der Waals surface area contributed by atoms with Gasteiger partial charge in [0, 0.05) is 0 Å². The lowest BCUT2D eigenvalue weighted by Crippen LogP contribution is -2.15. The van der Waals surface area contributed by atoms with Gasteiger partial charge in [-0.15, -0.1) is 0 Å². The Kier molecular flexibility index (Phi) is 31.6. The smallest absolute Gasteiger partial charge is 0.339 e. The molecule has 0 amide bonds. The van der Waals surface area contributed by atoms with E-state index in [1.165, 1.54) is 135 Å². The first-order chi connectivity index (χ1) is 21.1. The molecule has 0 aliphatic heterocycles. The molecular formula is C39H70O4. The van der Waals surface area contributed by atoms with Crippen LogP contribution in [0.5, 0.6) is 0 Å². The lowest BCUT2D eigenvalue weighted by Gasteiger charge is -2.10. The highest BCUT2D eigenvalue weighted by molar-refractivity contribution is 6.03. The van der Waals surface area contributed by atoms with E-state index in [4.69, 9.17) is 9.47 Å². The van der Waals surface area contributed by atoms with E-state index in [-0.39, 0.29) is 0 Å². The topological polar surface area (TPSA) is 52.6 Å². The van der Waals surface area contributed by atoms with E-state index in [0.717, 1.165) is 25.7 Å². The van der Waals surface area contributed by atoms with E-state index in [1.54, 1.807) is 24.3 Å². The van der Waals surface area contributed by atoms with Crippen LogP contribution in [0.4, 0.5) is 0 Å². The molecule has 0 radical (unpaired) electrons. The summed E-state index contributed by atoms with van der Waals surface area (Å²) < 4.78 is 10.7. The number of esters is 2. The van der Waals surface area contributed by atoms with Crippen molar-refractivity contribution in [2.45, 2.75) is 188 Å². The lowest BCUT2D eigenvalue weighted by atomic mass is 10.1. The van der Waals surface area contributed by atoms with Gasteiger partial charge in [0.1, 0.15) is 0 Å². The van der Waals surface area contributed by atoms with E-state index in [9.17, 15) is 9.59 Å². The largest absolute Gasteiger partial charge is 0.462 e. The van der Waals surface area contributed by atoms with Crippen molar-refractivity contribution in [2.24, 2.45) is 0 Å². The van der Waals surface area contributed by atoms with Gasteiger partial charge in [-0.05, 0) is 25.0 Å². The number of hydrogen-bond acceptors (Lipinski definition) is 4. The Morgan fingerprint density at radius 2 is 0.628 bits per heavy atom. The van der Waals surface area contributed by atoms with E-state index in [1.807, 2.05) is 0 Å². The predicted octanol–water partition coefficient (Wildman–Crippen LogP) is 12.8. The first kappa shape index (κ1) is 41.2. The maximum Gasteiger partial charge on any atom is 0.339 e. The van der Waals surface area contributed by atoms with Crippen molar-refractivity contribution in [3.05, 3.63) is 35.4 Å². The highest BCUT2D eigenvalue weighted by atomic mass is 16.5. The van der Waals surface area contributed by atoms with E-state index in [2.05, 4.69) is 27.7 Å². The Bertz CT molecular complexity index is 684. The van der Waals surface area contributed by atoms with Gasteiger partial charge in [-0.3, -0.25) is 0 Å². The minimum absolute atomic E-state index is 0.293. The Morgan fingerprint density at radius 3 is 0.884 bits per heavy atom. The molecule has 0 saturated heterocycles. The second-order valence-corrected chi connectivity index (χ2v) is 12.2. The zero-order chi connectivity index (χ0) is 31.6. The number of benzene rings is 1.